The first-order valence-electron chi connectivity index (χ1n) is 8.63. The molecule has 0 unspecified atom stereocenters. The van der Waals surface area contributed by atoms with Gasteiger partial charge in [-0.25, -0.2) is 4.98 Å². The number of nitrogens with one attached hydrogen (secondary N) is 1. The molecular weight excluding hydrogens is 342 g/mol. The van der Waals surface area contributed by atoms with E-state index < -0.39 is 0 Å². The minimum Gasteiger partial charge on any atom is -0.359 e. The number of carbonyl (C=O) groups is 1. The maximum absolute atomic E-state index is 12.9. The van der Waals surface area contributed by atoms with Gasteiger partial charge in [-0.2, -0.15) is 5.10 Å². The standard InChI is InChI=1S/C20H19N5O2/c1-12-9-15(27-24-12)11-21-20(26)16-10-17(14-7-5-4-6-8-14)22-19-18(16)13(2)23-25(19)3/h4-10H,11H2,1-3H3,(H,21,26). The molecule has 0 saturated carbocycles. The van der Waals surface area contributed by atoms with E-state index in [1.807, 2.05) is 57.3 Å². The third kappa shape index (κ3) is 3.19. The first-order valence-corrected chi connectivity index (χ1v) is 8.63. The van der Waals surface area contributed by atoms with Crippen molar-refractivity contribution in [2.75, 3.05) is 0 Å². The van der Waals surface area contributed by atoms with Gasteiger partial charge >= 0.3 is 0 Å². The van der Waals surface area contributed by atoms with Crippen molar-refractivity contribution in [3.05, 3.63) is 65.2 Å². The summed E-state index contributed by atoms with van der Waals surface area (Å²) in [7, 11) is 1.83. The Balaban J connectivity index is 1.76. The molecule has 0 aliphatic rings. The van der Waals surface area contributed by atoms with Crippen molar-refractivity contribution in [1.82, 2.24) is 25.2 Å². The van der Waals surface area contributed by atoms with Gasteiger partial charge in [0.15, 0.2) is 11.4 Å². The lowest BCUT2D eigenvalue weighted by Crippen LogP contribution is -2.23. The van der Waals surface area contributed by atoms with E-state index in [2.05, 4.69) is 15.6 Å². The third-order valence-corrected chi connectivity index (χ3v) is 4.38. The molecule has 0 atom stereocenters. The van der Waals surface area contributed by atoms with Crippen LogP contribution in [-0.2, 0) is 13.6 Å². The Bertz CT molecular complexity index is 1130. The molecule has 4 aromatic rings. The number of fused-ring (bicyclic) bond motifs is 1. The summed E-state index contributed by atoms with van der Waals surface area (Å²) in [6.45, 7) is 3.98. The molecule has 0 bridgehead atoms. The highest BCUT2D eigenvalue weighted by molar-refractivity contribution is 6.07. The lowest BCUT2D eigenvalue weighted by atomic mass is 10.0. The predicted octanol–water partition coefficient (Wildman–Crippen LogP) is 3.17. The number of benzene rings is 1. The van der Waals surface area contributed by atoms with Gasteiger partial charge < -0.3 is 9.84 Å². The summed E-state index contributed by atoms with van der Waals surface area (Å²) in [5.41, 5.74) is 4.43. The summed E-state index contributed by atoms with van der Waals surface area (Å²) in [5, 5.41) is 11.9. The van der Waals surface area contributed by atoms with Crippen molar-refractivity contribution in [2.45, 2.75) is 20.4 Å². The molecule has 0 spiro atoms. The summed E-state index contributed by atoms with van der Waals surface area (Å²) in [6.07, 6.45) is 0. The molecule has 1 aromatic carbocycles. The van der Waals surface area contributed by atoms with Gasteiger partial charge in [0.25, 0.3) is 5.91 Å². The Hall–Kier alpha value is -3.48. The maximum atomic E-state index is 12.9. The van der Waals surface area contributed by atoms with Crippen molar-refractivity contribution in [2.24, 2.45) is 7.05 Å². The number of hydrogen-bond acceptors (Lipinski definition) is 5. The third-order valence-electron chi connectivity index (χ3n) is 4.38. The molecule has 7 nitrogen and oxygen atoms in total. The summed E-state index contributed by atoms with van der Waals surface area (Å²) < 4.78 is 6.87. The van der Waals surface area contributed by atoms with Crippen molar-refractivity contribution in [3.63, 3.8) is 0 Å². The zero-order valence-electron chi connectivity index (χ0n) is 15.4. The molecule has 3 aromatic heterocycles. The van der Waals surface area contributed by atoms with Crippen LogP contribution in [0.15, 0.2) is 47.0 Å². The van der Waals surface area contributed by atoms with Crippen LogP contribution in [0.1, 0.15) is 27.5 Å². The lowest BCUT2D eigenvalue weighted by molar-refractivity contribution is 0.0948. The van der Waals surface area contributed by atoms with E-state index in [0.29, 0.717) is 17.0 Å². The maximum Gasteiger partial charge on any atom is 0.252 e. The fourth-order valence-electron chi connectivity index (χ4n) is 3.14. The van der Waals surface area contributed by atoms with Crippen LogP contribution < -0.4 is 5.32 Å². The highest BCUT2D eigenvalue weighted by Gasteiger charge is 2.19. The zero-order chi connectivity index (χ0) is 19.0. The minimum atomic E-state index is -0.204. The molecule has 136 valence electrons. The van der Waals surface area contributed by atoms with Crippen molar-refractivity contribution in [1.29, 1.82) is 0 Å². The fraction of sp³-hybridized carbons (Fsp3) is 0.200. The number of hydrogen-bond donors (Lipinski definition) is 1. The number of carbonyl (C=O) groups excluding carboxylic acids is 1. The Morgan fingerprint density at radius 3 is 2.67 bits per heavy atom. The molecule has 0 fully saturated rings. The number of pyridine rings is 1. The number of nitrogens with zero attached hydrogens (tertiary/aromatic N) is 4. The van der Waals surface area contributed by atoms with E-state index in [1.54, 1.807) is 10.7 Å². The molecule has 0 radical (unpaired) electrons. The first-order chi connectivity index (χ1) is 13.0. The van der Waals surface area contributed by atoms with Crippen LogP contribution in [0.2, 0.25) is 0 Å². The van der Waals surface area contributed by atoms with Crippen LogP contribution in [0.5, 0.6) is 0 Å². The van der Waals surface area contributed by atoms with Gasteiger partial charge in [-0.3, -0.25) is 9.48 Å². The van der Waals surface area contributed by atoms with Crippen LogP contribution in [0, 0.1) is 13.8 Å². The number of rotatable bonds is 4. The summed E-state index contributed by atoms with van der Waals surface area (Å²) in [4.78, 5) is 17.7. The van der Waals surface area contributed by atoms with Gasteiger partial charge in [-0.1, -0.05) is 35.5 Å². The average Bonchev–Trinajstić information content (AvgIpc) is 3.22. The molecule has 0 aliphatic heterocycles. The van der Waals surface area contributed by atoms with Gasteiger partial charge in [0.2, 0.25) is 0 Å². The topological polar surface area (TPSA) is 85.8 Å². The highest BCUT2D eigenvalue weighted by Crippen LogP contribution is 2.26. The highest BCUT2D eigenvalue weighted by atomic mass is 16.5. The molecule has 1 amide bonds. The zero-order valence-corrected chi connectivity index (χ0v) is 15.4. The second-order valence-electron chi connectivity index (χ2n) is 6.45. The van der Waals surface area contributed by atoms with Crippen LogP contribution in [-0.4, -0.2) is 25.8 Å². The normalized spacial score (nSPS) is 11.1. The molecule has 4 rings (SSSR count). The number of aromatic nitrogens is 4. The van der Waals surface area contributed by atoms with Gasteiger partial charge in [-0.15, -0.1) is 0 Å². The van der Waals surface area contributed by atoms with Gasteiger partial charge in [-0.05, 0) is 19.9 Å². The van der Waals surface area contributed by atoms with E-state index in [1.165, 1.54) is 0 Å². The van der Waals surface area contributed by atoms with Gasteiger partial charge in [0.05, 0.1) is 34.6 Å². The average molecular weight is 361 g/mol. The number of aryl methyl sites for hydroxylation is 3. The Labute approximate surface area is 156 Å². The smallest absolute Gasteiger partial charge is 0.252 e. The van der Waals surface area contributed by atoms with Crippen LogP contribution >= 0.6 is 0 Å². The van der Waals surface area contributed by atoms with Crippen LogP contribution in [0.4, 0.5) is 0 Å². The molecule has 0 saturated heterocycles. The summed E-state index contributed by atoms with van der Waals surface area (Å²) >= 11 is 0. The predicted molar refractivity (Wildman–Crippen MR) is 101 cm³/mol. The monoisotopic (exact) mass is 361 g/mol. The summed E-state index contributed by atoms with van der Waals surface area (Å²) in [5.74, 6) is 0.405. The van der Waals surface area contributed by atoms with E-state index in [9.17, 15) is 4.79 Å². The van der Waals surface area contributed by atoms with Crippen LogP contribution in [0.3, 0.4) is 0 Å². The lowest BCUT2D eigenvalue weighted by Gasteiger charge is -2.08. The van der Waals surface area contributed by atoms with Crippen molar-refractivity contribution in [3.8, 4) is 11.3 Å². The van der Waals surface area contributed by atoms with E-state index in [-0.39, 0.29) is 12.5 Å². The Morgan fingerprint density at radius 2 is 1.96 bits per heavy atom. The minimum absolute atomic E-state index is 0.204. The van der Waals surface area contributed by atoms with Crippen molar-refractivity contribution < 1.29 is 9.32 Å². The fourth-order valence-corrected chi connectivity index (χ4v) is 3.14. The molecule has 27 heavy (non-hydrogen) atoms. The van der Waals surface area contributed by atoms with E-state index >= 15 is 0 Å². The first kappa shape index (κ1) is 17.0. The van der Waals surface area contributed by atoms with Crippen molar-refractivity contribution >= 4 is 16.9 Å². The molecular formula is C20H19N5O2. The van der Waals surface area contributed by atoms with E-state index in [4.69, 9.17) is 9.51 Å². The second kappa shape index (κ2) is 6.68. The molecule has 3 heterocycles. The quantitative estimate of drug-likeness (QED) is 0.603. The molecule has 7 heteroatoms. The SMILES string of the molecule is Cc1cc(CNC(=O)c2cc(-c3ccccc3)nc3c2c(C)nn3C)on1. The van der Waals surface area contributed by atoms with Gasteiger partial charge in [0, 0.05) is 18.7 Å². The Morgan fingerprint density at radius 1 is 1.19 bits per heavy atom. The number of amides is 1. The van der Waals surface area contributed by atoms with Crippen LogP contribution in [0.25, 0.3) is 22.3 Å². The molecule has 0 aliphatic carbocycles. The summed E-state index contributed by atoms with van der Waals surface area (Å²) in [6, 6.07) is 13.4. The second-order valence-corrected chi connectivity index (χ2v) is 6.45. The molecule has 1 N–H and O–H groups in total. The van der Waals surface area contributed by atoms with Gasteiger partial charge in [0.1, 0.15) is 0 Å². The largest absolute Gasteiger partial charge is 0.359 e. The van der Waals surface area contributed by atoms with E-state index in [0.717, 1.165) is 28.0 Å². The Kier molecular flexibility index (Phi) is 4.19.